The SMILES string of the molecule is CCOc1ncccc1C1(C2CNc3ccccc32)C(=O)[N+](C(=O)[O-])(S(=O)(=O)c2ccccc2)CC(C#N)N1C1CCNCC1. The topological polar surface area (TPSA) is 165 Å². The minimum absolute atomic E-state index is 0.0591. The minimum atomic E-state index is -5.03. The van der Waals surface area contributed by atoms with Gasteiger partial charge in [0.2, 0.25) is 5.88 Å². The van der Waals surface area contributed by atoms with E-state index in [0.29, 0.717) is 31.5 Å². The van der Waals surface area contributed by atoms with E-state index in [-0.39, 0.29) is 35.5 Å². The molecule has 3 aromatic rings. The zero-order valence-corrected chi connectivity index (χ0v) is 25.6. The molecular weight excluding hydrogens is 596 g/mol. The van der Waals surface area contributed by atoms with Crippen LogP contribution in [-0.4, -0.2) is 79.1 Å². The van der Waals surface area contributed by atoms with Gasteiger partial charge in [0.1, 0.15) is 11.4 Å². The highest BCUT2D eigenvalue weighted by Crippen LogP contribution is 2.56. The summed E-state index contributed by atoms with van der Waals surface area (Å²) in [6.07, 6.45) is 0.445. The molecule has 3 aliphatic rings. The maximum atomic E-state index is 15.8. The van der Waals surface area contributed by atoms with E-state index in [4.69, 9.17) is 4.74 Å². The molecule has 45 heavy (non-hydrogen) atoms. The average Bonchev–Trinajstić information content (AvgIpc) is 3.50. The number of piperidine rings is 1. The second kappa shape index (κ2) is 11.9. The summed E-state index contributed by atoms with van der Waals surface area (Å²) in [7, 11) is -5.03. The molecule has 3 aliphatic heterocycles. The van der Waals surface area contributed by atoms with Crippen molar-refractivity contribution in [1.29, 1.82) is 5.26 Å². The Labute approximate surface area is 261 Å². The first kappa shape index (κ1) is 30.7. The largest absolute Gasteiger partial charge is 0.497 e. The van der Waals surface area contributed by atoms with Crippen LogP contribution in [0.1, 0.15) is 36.8 Å². The molecule has 0 spiro atoms. The molecule has 4 unspecified atom stereocenters. The molecule has 2 amide bonds. The highest BCUT2D eigenvalue weighted by molar-refractivity contribution is 7.86. The Hall–Kier alpha value is -4.35. The molecule has 6 rings (SSSR count). The molecule has 0 bridgehead atoms. The summed E-state index contributed by atoms with van der Waals surface area (Å²) < 4.78 is 33.1. The second-order valence-corrected chi connectivity index (χ2v) is 13.4. The molecule has 13 heteroatoms. The number of quaternary nitrogens is 1. The maximum absolute atomic E-state index is 15.8. The molecule has 234 valence electrons. The van der Waals surface area contributed by atoms with Gasteiger partial charge in [0, 0.05) is 36.0 Å². The third kappa shape index (κ3) is 4.51. The van der Waals surface area contributed by atoms with Gasteiger partial charge in [-0.25, -0.2) is 9.78 Å². The highest BCUT2D eigenvalue weighted by Gasteiger charge is 2.73. The summed E-state index contributed by atoms with van der Waals surface area (Å²) >= 11 is 0. The van der Waals surface area contributed by atoms with Crippen LogP contribution in [0.5, 0.6) is 5.88 Å². The van der Waals surface area contributed by atoms with Crippen molar-refractivity contribution in [1.82, 2.24) is 15.2 Å². The standard InChI is InChI=1S/C32H34N6O6S/c1-2-44-29-26(12-8-16-35-29)32(27-20-36-28-13-7-6-11-25(27)28)30(39)38(31(40)41,45(42,43)24-9-4-3-5-10-24)21-23(19-33)37(32)22-14-17-34-18-15-22/h3-13,16,22-23,27,34,36H,2,14-15,17-18,20-21H2,1H3. The van der Waals surface area contributed by atoms with Crippen molar-refractivity contribution in [3.05, 3.63) is 84.1 Å². The number of imide groups is 1. The van der Waals surface area contributed by atoms with Crippen LogP contribution in [0.2, 0.25) is 0 Å². The van der Waals surface area contributed by atoms with Gasteiger partial charge in [0.25, 0.3) is 6.09 Å². The van der Waals surface area contributed by atoms with E-state index >= 15 is 4.79 Å². The van der Waals surface area contributed by atoms with Gasteiger partial charge in [-0.1, -0.05) is 40.3 Å². The number of carbonyl (C=O) groups is 2. The average molecular weight is 631 g/mol. The lowest BCUT2D eigenvalue weighted by atomic mass is 9.69. The molecular formula is C32H34N6O6S. The molecule has 12 nitrogen and oxygen atoms in total. The number of hydrogen-bond donors (Lipinski definition) is 2. The number of sulfonamides is 1. The lowest BCUT2D eigenvalue weighted by molar-refractivity contribution is -0.699. The number of amides is 2. The van der Waals surface area contributed by atoms with Crippen molar-refractivity contribution in [3.8, 4) is 11.9 Å². The monoisotopic (exact) mass is 630 g/mol. The Balaban J connectivity index is 1.76. The lowest BCUT2D eigenvalue weighted by Crippen LogP contribution is -2.81. The smallest absolute Gasteiger partial charge is 0.361 e. The fourth-order valence-electron chi connectivity index (χ4n) is 7.37. The van der Waals surface area contributed by atoms with Crippen molar-refractivity contribution in [2.75, 3.05) is 38.1 Å². The van der Waals surface area contributed by atoms with Gasteiger partial charge in [-0.3, -0.25) is 4.90 Å². The van der Waals surface area contributed by atoms with Crippen LogP contribution in [-0.2, 0) is 20.4 Å². The zero-order valence-electron chi connectivity index (χ0n) is 24.8. The van der Waals surface area contributed by atoms with E-state index in [1.807, 2.05) is 24.3 Å². The quantitative estimate of drug-likeness (QED) is 0.367. The summed E-state index contributed by atoms with van der Waals surface area (Å²) in [6, 6.07) is 18.1. The van der Waals surface area contributed by atoms with Crippen LogP contribution in [0.15, 0.2) is 77.8 Å². The number of rotatable bonds is 7. The third-order valence-electron chi connectivity index (χ3n) is 9.22. The Morgan fingerprint density at radius 1 is 1.13 bits per heavy atom. The van der Waals surface area contributed by atoms with Crippen molar-refractivity contribution in [2.45, 2.75) is 48.2 Å². The lowest BCUT2D eigenvalue weighted by Gasteiger charge is -2.57. The van der Waals surface area contributed by atoms with Crippen molar-refractivity contribution in [3.63, 3.8) is 0 Å². The normalized spacial score (nSPS) is 27.2. The summed E-state index contributed by atoms with van der Waals surface area (Å²) in [5, 5.41) is 31.0. The van der Waals surface area contributed by atoms with Crippen LogP contribution in [0.4, 0.5) is 10.5 Å². The zero-order chi connectivity index (χ0) is 31.8. The number of nitrogens with zero attached hydrogens (tertiary/aromatic N) is 4. The Bertz CT molecular complexity index is 1760. The molecule has 2 aromatic carbocycles. The van der Waals surface area contributed by atoms with Gasteiger partial charge in [-0.2, -0.15) is 13.7 Å². The molecule has 2 saturated heterocycles. The predicted molar refractivity (Wildman–Crippen MR) is 161 cm³/mol. The van der Waals surface area contributed by atoms with E-state index in [1.54, 1.807) is 30.0 Å². The molecule has 4 heterocycles. The predicted octanol–water partition coefficient (Wildman–Crippen LogP) is 1.92. The number of hydrogen-bond acceptors (Lipinski definition) is 11. The number of nitriles is 1. The number of pyridine rings is 1. The van der Waals surface area contributed by atoms with E-state index in [2.05, 4.69) is 21.7 Å². The molecule has 0 saturated carbocycles. The summed E-state index contributed by atoms with van der Waals surface area (Å²) in [5.74, 6) is -1.92. The van der Waals surface area contributed by atoms with Crippen LogP contribution >= 0.6 is 0 Å². The molecule has 0 aliphatic carbocycles. The molecule has 0 radical (unpaired) electrons. The Morgan fingerprint density at radius 3 is 2.53 bits per heavy atom. The van der Waals surface area contributed by atoms with Crippen molar-refractivity contribution in [2.24, 2.45) is 0 Å². The molecule has 2 fully saturated rings. The van der Waals surface area contributed by atoms with Crippen LogP contribution in [0.25, 0.3) is 0 Å². The molecule has 4 atom stereocenters. The first-order valence-electron chi connectivity index (χ1n) is 15.0. The number of aromatic nitrogens is 1. The first-order chi connectivity index (χ1) is 21.7. The highest BCUT2D eigenvalue weighted by atomic mass is 32.2. The van der Waals surface area contributed by atoms with Gasteiger partial charge in [-0.15, -0.1) is 0 Å². The number of ether oxygens (including phenoxy) is 1. The minimum Gasteiger partial charge on any atom is -0.497 e. The first-order valence-corrected chi connectivity index (χ1v) is 16.4. The van der Waals surface area contributed by atoms with E-state index in [0.717, 1.165) is 5.69 Å². The maximum Gasteiger partial charge on any atom is 0.361 e. The van der Waals surface area contributed by atoms with Gasteiger partial charge in [0.15, 0.2) is 11.6 Å². The molecule has 1 aromatic heterocycles. The fraction of sp³-hybridized carbons (Fsp3) is 0.375. The number of carboxylic acid groups (broad SMARTS) is 1. The van der Waals surface area contributed by atoms with Gasteiger partial charge in [0.05, 0.1) is 12.7 Å². The third-order valence-corrected chi connectivity index (χ3v) is 11.4. The van der Waals surface area contributed by atoms with Crippen molar-refractivity contribution < 1.29 is 31.7 Å². The number of para-hydroxylation sites is 1. The fourth-order valence-corrected chi connectivity index (χ4v) is 9.12. The number of piperazine rings is 1. The second-order valence-electron chi connectivity index (χ2n) is 11.4. The Morgan fingerprint density at radius 2 is 1.84 bits per heavy atom. The summed E-state index contributed by atoms with van der Waals surface area (Å²) in [6.45, 7) is 2.42. The van der Waals surface area contributed by atoms with Crippen molar-refractivity contribution >= 4 is 27.7 Å². The van der Waals surface area contributed by atoms with Gasteiger partial charge >= 0.3 is 15.9 Å². The summed E-state index contributed by atoms with van der Waals surface area (Å²) in [5.41, 5.74) is -0.437. The van der Waals surface area contributed by atoms with Crippen LogP contribution < -0.4 is 20.5 Å². The molecule has 2 N–H and O–H groups in total. The number of nitrogens with one attached hydrogen (secondary N) is 2. The number of fused-ring (bicyclic) bond motifs is 1. The van der Waals surface area contributed by atoms with E-state index in [1.165, 1.54) is 30.5 Å². The van der Waals surface area contributed by atoms with Gasteiger partial charge in [-0.05, 0) is 68.8 Å². The summed E-state index contributed by atoms with van der Waals surface area (Å²) in [4.78, 5) is 35.2. The van der Waals surface area contributed by atoms with E-state index < -0.39 is 50.0 Å². The number of carbonyl (C=O) groups excluding carboxylic acids is 2. The van der Waals surface area contributed by atoms with Gasteiger partial charge < -0.3 is 25.3 Å². The Kier molecular flexibility index (Phi) is 8.09. The number of benzene rings is 2. The van der Waals surface area contributed by atoms with Crippen LogP contribution in [0.3, 0.4) is 0 Å². The number of anilines is 1. The van der Waals surface area contributed by atoms with E-state index in [9.17, 15) is 23.6 Å². The van der Waals surface area contributed by atoms with Crippen LogP contribution in [0, 0.1) is 11.3 Å².